The molecular formula is C14H15BrN4O. The van der Waals surface area contributed by atoms with Crippen molar-refractivity contribution < 1.29 is 4.79 Å². The number of halogens is 1. The van der Waals surface area contributed by atoms with Gasteiger partial charge in [-0.05, 0) is 36.8 Å². The third-order valence-electron chi connectivity index (χ3n) is 2.86. The lowest BCUT2D eigenvalue weighted by molar-refractivity contribution is 0.0957. The first kappa shape index (κ1) is 14.5. The molecule has 0 spiro atoms. The van der Waals surface area contributed by atoms with Crippen LogP contribution in [-0.4, -0.2) is 23.2 Å². The number of amides is 1. The number of carbonyl (C=O) groups is 1. The number of rotatable bonds is 4. The van der Waals surface area contributed by atoms with Crippen LogP contribution in [0.4, 0.5) is 5.82 Å². The van der Waals surface area contributed by atoms with E-state index in [9.17, 15) is 4.79 Å². The number of carbonyl (C=O) groups excluding carboxylic acids is 1. The molecule has 6 heteroatoms. The number of nitrogens with one attached hydrogen (secondary N) is 2. The van der Waals surface area contributed by atoms with Crippen LogP contribution >= 0.6 is 15.9 Å². The van der Waals surface area contributed by atoms with E-state index in [1.165, 1.54) is 0 Å². The molecule has 1 aromatic carbocycles. The molecule has 0 saturated carbocycles. The molecule has 2 N–H and O–H groups in total. The summed E-state index contributed by atoms with van der Waals surface area (Å²) in [6.07, 6.45) is 0. The van der Waals surface area contributed by atoms with Gasteiger partial charge in [0.2, 0.25) is 0 Å². The molecule has 0 aliphatic rings. The third kappa shape index (κ3) is 3.54. The van der Waals surface area contributed by atoms with Crippen molar-refractivity contribution in [2.24, 2.45) is 0 Å². The van der Waals surface area contributed by atoms with Crippen molar-refractivity contribution in [3.8, 4) is 0 Å². The first-order chi connectivity index (χ1) is 9.60. The highest BCUT2D eigenvalue weighted by Crippen LogP contribution is 2.19. The fraction of sp³-hybridized carbons (Fsp3) is 0.214. The molecule has 5 nitrogen and oxygen atoms in total. The third-order valence-corrected chi connectivity index (χ3v) is 3.39. The summed E-state index contributed by atoms with van der Waals surface area (Å²) in [7, 11) is 1.56. The van der Waals surface area contributed by atoms with Crippen LogP contribution in [0.15, 0.2) is 40.9 Å². The maximum absolute atomic E-state index is 11.4. The summed E-state index contributed by atoms with van der Waals surface area (Å²) in [5, 5.41) is 13.6. The van der Waals surface area contributed by atoms with Crippen molar-refractivity contribution >= 4 is 27.7 Å². The Kier molecular flexibility index (Phi) is 4.68. The molecule has 0 aliphatic heterocycles. The van der Waals surface area contributed by atoms with E-state index < -0.39 is 0 Å². The molecule has 1 heterocycles. The summed E-state index contributed by atoms with van der Waals surface area (Å²) in [6.45, 7) is 2.04. The molecule has 104 valence electrons. The largest absolute Gasteiger partial charge is 0.362 e. The maximum Gasteiger partial charge on any atom is 0.271 e. The van der Waals surface area contributed by atoms with E-state index in [2.05, 4.69) is 36.8 Å². The lowest BCUT2D eigenvalue weighted by atomic mass is 10.1. The molecule has 0 aliphatic carbocycles. The normalized spacial score (nSPS) is 11.8. The molecule has 2 rings (SSSR count). The molecule has 1 amide bonds. The lowest BCUT2D eigenvalue weighted by Crippen LogP contribution is -2.20. The van der Waals surface area contributed by atoms with E-state index in [1.807, 2.05) is 31.2 Å². The monoisotopic (exact) mass is 334 g/mol. The summed E-state index contributed by atoms with van der Waals surface area (Å²) >= 11 is 3.41. The number of benzene rings is 1. The first-order valence-electron chi connectivity index (χ1n) is 6.18. The quantitative estimate of drug-likeness (QED) is 0.902. The van der Waals surface area contributed by atoms with Crippen LogP contribution in [0.1, 0.15) is 29.0 Å². The van der Waals surface area contributed by atoms with Crippen molar-refractivity contribution in [1.82, 2.24) is 15.5 Å². The Bertz CT molecular complexity index is 583. The van der Waals surface area contributed by atoms with Crippen LogP contribution in [0.3, 0.4) is 0 Å². The van der Waals surface area contributed by atoms with Gasteiger partial charge in [-0.15, -0.1) is 10.2 Å². The zero-order valence-corrected chi connectivity index (χ0v) is 12.8. The predicted octanol–water partition coefficient (Wildman–Crippen LogP) is 2.77. The smallest absolute Gasteiger partial charge is 0.271 e. The van der Waals surface area contributed by atoms with Gasteiger partial charge in [-0.25, -0.2) is 0 Å². The van der Waals surface area contributed by atoms with Gasteiger partial charge < -0.3 is 10.6 Å². The highest BCUT2D eigenvalue weighted by atomic mass is 79.9. The van der Waals surface area contributed by atoms with Gasteiger partial charge in [0, 0.05) is 17.6 Å². The molecule has 0 bridgehead atoms. The summed E-state index contributed by atoms with van der Waals surface area (Å²) in [6, 6.07) is 11.5. The van der Waals surface area contributed by atoms with Crippen molar-refractivity contribution in [3.05, 3.63) is 52.1 Å². The first-order valence-corrected chi connectivity index (χ1v) is 6.97. The molecule has 2 aromatic rings. The minimum Gasteiger partial charge on any atom is -0.362 e. The maximum atomic E-state index is 11.4. The molecule has 0 fully saturated rings. The van der Waals surface area contributed by atoms with Gasteiger partial charge >= 0.3 is 0 Å². The summed E-state index contributed by atoms with van der Waals surface area (Å²) in [5.41, 5.74) is 1.44. The van der Waals surface area contributed by atoms with Gasteiger partial charge in [0.1, 0.15) is 5.82 Å². The van der Waals surface area contributed by atoms with Crippen LogP contribution in [-0.2, 0) is 0 Å². The summed E-state index contributed by atoms with van der Waals surface area (Å²) in [4.78, 5) is 11.4. The molecule has 20 heavy (non-hydrogen) atoms. The zero-order valence-electron chi connectivity index (χ0n) is 11.2. The minimum atomic E-state index is -0.245. The molecule has 0 radical (unpaired) electrons. The van der Waals surface area contributed by atoms with Gasteiger partial charge in [0.25, 0.3) is 5.91 Å². The number of hydrogen-bond donors (Lipinski definition) is 2. The van der Waals surface area contributed by atoms with Gasteiger partial charge in [0.15, 0.2) is 5.69 Å². The fourth-order valence-electron chi connectivity index (χ4n) is 1.72. The number of aromatic nitrogens is 2. The average Bonchev–Trinajstić information content (AvgIpc) is 2.48. The number of anilines is 1. The van der Waals surface area contributed by atoms with E-state index in [0.29, 0.717) is 11.5 Å². The Hall–Kier alpha value is -1.95. The molecule has 1 aromatic heterocycles. The lowest BCUT2D eigenvalue weighted by Gasteiger charge is -2.14. The Labute approximate surface area is 125 Å². The molecule has 1 atom stereocenters. The van der Waals surface area contributed by atoms with E-state index in [-0.39, 0.29) is 11.9 Å². The molecule has 1 unspecified atom stereocenters. The molecule has 0 saturated heterocycles. The van der Waals surface area contributed by atoms with Crippen LogP contribution < -0.4 is 10.6 Å². The number of nitrogens with zero attached hydrogens (tertiary/aromatic N) is 2. The van der Waals surface area contributed by atoms with Crippen molar-refractivity contribution in [2.45, 2.75) is 13.0 Å². The second-order valence-corrected chi connectivity index (χ2v) is 5.22. The Morgan fingerprint density at radius 3 is 2.40 bits per heavy atom. The zero-order chi connectivity index (χ0) is 14.5. The fourth-order valence-corrected chi connectivity index (χ4v) is 1.98. The predicted molar refractivity (Wildman–Crippen MR) is 81.6 cm³/mol. The highest BCUT2D eigenvalue weighted by Gasteiger charge is 2.08. The van der Waals surface area contributed by atoms with Gasteiger partial charge in [-0.2, -0.15) is 0 Å². The topological polar surface area (TPSA) is 66.9 Å². The van der Waals surface area contributed by atoms with Crippen LogP contribution in [0.25, 0.3) is 0 Å². The van der Waals surface area contributed by atoms with Crippen LogP contribution in [0, 0.1) is 0 Å². The molecular weight excluding hydrogens is 320 g/mol. The minimum absolute atomic E-state index is 0.100. The van der Waals surface area contributed by atoms with Gasteiger partial charge in [-0.1, -0.05) is 28.1 Å². The van der Waals surface area contributed by atoms with E-state index in [1.54, 1.807) is 19.2 Å². The second-order valence-electron chi connectivity index (χ2n) is 4.30. The van der Waals surface area contributed by atoms with Crippen molar-refractivity contribution in [2.75, 3.05) is 12.4 Å². The standard InChI is InChI=1S/C14H15BrN4O/c1-9(10-3-5-11(15)6-4-10)17-13-8-7-12(18-19-13)14(20)16-2/h3-9H,1-2H3,(H,16,20)(H,17,19). The van der Waals surface area contributed by atoms with Crippen LogP contribution in [0.5, 0.6) is 0 Å². The van der Waals surface area contributed by atoms with Crippen LogP contribution in [0.2, 0.25) is 0 Å². The van der Waals surface area contributed by atoms with Crippen molar-refractivity contribution in [1.29, 1.82) is 0 Å². The SMILES string of the molecule is CNC(=O)c1ccc(NC(C)c2ccc(Br)cc2)nn1. The Morgan fingerprint density at radius 1 is 1.15 bits per heavy atom. The summed E-state index contributed by atoms with van der Waals surface area (Å²) in [5.74, 6) is 0.387. The Morgan fingerprint density at radius 2 is 1.85 bits per heavy atom. The van der Waals surface area contributed by atoms with Crippen molar-refractivity contribution in [3.63, 3.8) is 0 Å². The van der Waals surface area contributed by atoms with Gasteiger partial charge in [-0.3, -0.25) is 4.79 Å². The number of hydrogen-bond acceptors (Lipinski definition) is 4. The average molecular weight is 335 g/mol. The van der Waals surface area contributed by atoms with E-state index in [0.717, 1.165) is 10.0 Å². The van der Waals surface area contributed by atoms with E-state index >= 15 is 0 Å². The van der Waals surface area contributed by atoms with Gasteiger partial charge in [0.05, 0.1) is 0 Å². The van der Waals surface area contributed by atoms with E-state index in [4.69, 9.17) is 0 Å². The summed E-state index contributed by atoms with van der Waals surface area (Å²) < 4.78 is 1.04. The highest BCUT2D eigenvalue weighted by molar-refractivity contribution is 9.10. The Balaban J connectivity index is 2.06. The second kappa shape index (κ2) is 6.47.